The Morgan fingerprint density at radius 1 is 1.10 bits per heavy atom. The number of rotatable bonds is 7. The maximum atomic E-state index is 12.7. The molecule has 0 saturated carbocycles. The molecule has 0 amide bonds. The molecule has 0 aliphatic rings. The van der Waals surface area contributed by atoms with Crippen LogP contribution in [0.4, 0.5) is 5.69 Å². The number of halogens is 1. The van der Waals surface area contributed by atoms with Crippen LogP contribution in [0.15, 0.2) is 48.5 Å². The molecule has 2 aromatic carbocycles. The van der Waals surface area contributed by atoms with Gasteiger partial charge in [0.25, 0.3) is 10.0 Å². The molecule has 1 atom stereocenters. The molecule has 158 valence electrons. The van der Waals surface area contributed by atoms with Gasteiger partial charge in [-0.3, -0.25) is 4.79 Å². The number of esters is 1. The lowest BCUT2D eigenvalue weighted by molar-refractivity contribution is -0.154. The minimum atomic E-state index is -3.95. The summed E-state index contributed by atoms with van der Waals surface area (Å²) in [5.74, 6) is 0.135. The lowest BCUT2D eigenvalue weighted by Crippen LogP contribution is -2.34. The van der Waals surface area contributed by atoms with Gasteiger partial charge in [0.1, 0.15) is 11.4 Å². The van der Waals surface area contributed by atoms with Gasteiger partial charge in [0.2, 0.25) is 0 Å². The van der Waals surface area contributed by atoms with Crippen LogP contribution < -0.4 is 8.56 Å². The molecule has 6 nitrogen and oxygen atoms in total. The molecule has 0 aliphatic heterocycles. The van der Waals surface area contributed by atoms with E-state index < -0.39 is 26.8 Å². The normalized spacial score (nSPS) is 12.9. The Morgan fingerprint density at radius 2 is 1.72 bits per heavy atom. The third-order valence-corrected chi connectivity index (χ3v) is 6.69. The van der Waals surface area contributed by atoms with E-state index in [1.165, 1.54) is 6.92 Å². The summed E-state index contributed by atoms with van der Waals surface area (Å²) in [6.45, 7) is 6.60. The molecule has 0 spiro atoms. The molecule has 8 heteroatoms. The Morgan fingerprint density at radius 3 is 2.28 bits per heavy atom. The number of nitrogens with zero attached hydrogens (tertiary/aromatic N) is 1. The lowest BCUT2D eigenvalue weighted by Gasteiger charge is -2.23. The molecule has 29 heavy (non-hydrogen) atoms. The Balaban J connectivity index is 2.15. The topological polar surface area (TPSA) is 72.9 Å². The van der Waals surface area contributed by atoms with Gasteiger partial charge >= 0.3 is 5.97 Å². The van der Waals surface area contributed by atoms with Gasteiger partial charge in [-0.25, -0.2) is 8.42 Å². The SMILES string of the molecule is COc1cccc(-c2ccc(N(Cl)S(=O)(=O)C(C)CC(=O)OC(C)(C)C)cc2)c1. The Bertz CT molecular complexity index is 952. The molecule has 1 unspecified atom stereocenters. The van der Waals surface area contributed by atoms with Crippen LogP contribution >= 0.6 is 11.8 Å². The van der Waals surface area contributed by atoms with Gasteiger partial charge in [0.15, 0.2) is 0 Å². The number of hydrogen-bond donors (Lipinski definition) is 0. The van der Waals surface area contributed by atoms with E-state index in [0.717, 1.165) is 16.9 Å². The zero-order valence-electron chi connectivity index (χ0n) is 17.2. The highest BCUT2D eigenvalue weighted by atomic mass is 35.5. The Labute approximate surface area is 177 Å². The van der Waals surface area contributed by atoms with Crippen LogP contribution in [0.5, 0.6) is 5.75 Å². The van der Waals surface area contributed by atoms with Crippen molar-refractivity contribution in [2.45, 2.75) is 45.0 Å². The number of methoxy groups -OCH3 is 1. The quantitative estimate of drug-likeness (QED) is 0.458. The second kappa shape index (κ2) is 9.05. The van der Waals surface area contributed by atoms with Crippen LogP contribution in [-0.2, 0) is 19.6 Å². The fourth-order valence-corrected chi connectivity index (χ4v) is 4.20. The van der Waals surface area contributed by atoms with Crippen LogP contribution in [0.2, 0.25) is 0 Å². The highest BCUT2D eigenvalue weighted by molar-refractivity contribution is 7.94. The van der Waals surface area contributed by atoms with E-state index in [9.17, 15) is 13.2 Å². The maximum Gasteiger partial charge on any atom is 0.307 e. The van der Waals surface area contributed by atoms with E-state index in [0.29, 0.717) is 3.82 Å². The summed E-state index contributed by atoms with van der Waals surface area (Å²) in [4.78, 5) is 12.0. The van der Waals surface area contributed by atoms with Gasteiger partial charge in [-0.15, -0.1) is 0 Å². The minimum Gasteiger partial charge on any atom is -0.497 e. The molecule has 0 radical (unpaired) electrons. The zero-order valence-corrected chi connectivity index (χ0v) is 18.8. The number of carbonyl (C=O) groups excluding carboxylic acids is 1. The number of sulfonamides is 1. The fourth-order valence-electron chi connectivity index (χ4n) is 2.60. The first-order valence-corrected chi connectivity index (χ1v) is 10.9. The average molecular weight is 440 g/mol. The van der Waals surface area contributed by atoms with Crippen LogP contribution in [0.25, 0.3) is 11.1 Å². The second-order valence-electron chi connectivity index (χ2n) is 7.64. The lowest BCUT2D eigenvalue weighted by atomic mass is 10.1. The highest BCUT2D eigenvalue weighted by Crippen LogP contribution is 2.29. The minimum absolute atomic E-state index is 0.286. The Kier molecular flexibility index (Phi) is 7.19. The standard InChI is InChI=1S/C21H26ClNO5S/c1-15(13-20(24)28-21(2,3)4)29(25,26)23(22)18-11-9-16(10-12-18)17-7-6-8-19(14-17)27-5/h6-12,14-15H,13H2,1-5H3. The molecule has 0 N–H and O–H groups in total. The molecule has 0 heterocycles. The van der Waals surface area contributed by atoms with E-state index in [1.807, 2.05) is 24.3 Å². The summed E-state index contributed by atoms with van der Waals surface area (Å²) < 4.78 is 36.6. The van der Waals surface area contributed by atoms with Crippen LogP contribution in [0.1, 0.15) is 34.1 Å². The third kappa shape index (κ3) is 6.11. The van der Waals surface area contributed by atoms with Crippen molar-refractivity contribution >= 4 is 33.5 Å². The second-order valence-corrected chi connectivity index (χ2v) is 10.4. The van der Waals surface area contributed by atoms with Crippen molar-refractivity contribution < 1.29 is 22.7 Å². The first-order valence-electron chi connectivity index (χ1n) is 9.10. The number of carbonyl (C=O) groups is 1. The predicted molar refractivity (Wildman–Crippen MR) is 116 cm³/mol. The van der Waals surface area contributed by atoms with Gasteiger partial charge in [0, 0.05) is 11.8 Å². The van der Waals surface area contributed by atoms with Crippen molar-refractivity contribution in [3.8, 4) is 16.9 Å². The summed E-state index contributed by atoms with van der Waals surface area (Å²) in [6, 6.07) is 14.3. The number of ether oxygens (including phenoxy) is 2. The number of benzene rings is 2. The largest absolute Gasteiger partial charge is 0.497 e. The van der Waals surface area contributed by atoms with Gasteiger partial charge in [0.05, 0.1) is 24.5 Å². The van der Waals surface area contributed by atoms with Crippen molar-refractivity contribution in [3.05, 3.63) is 48.5 Å². The van der Waals surface area contributed by atoms with Crippen molar-refractivity contribution in [2.75, 3.05) is 10.9 Å². The third-order valence-electron chi connectivity index (χ3n) is 4.08. The summed E-state index contributed by atoms with van der Waals surface area (Å²) in [7, 11) is -2.36. The Hall–Kier alpha value is -2.25. The van der Waals surface area contributed by atoms with Crippen molar-refractivity contribution in [1.29, 1.82) is 0 Å². The molecular formula is C21H26ClNO5S. The van der Waals surface area contributed by atoms with Crippen molar-refractivity contribution in [1.82, 2.24) is 0 Å². The van der Waals surface area contributed by atoms with Crippen molar-refractivity contribution in [2.24, 2.45) is 0 Å². The fraction of sp³-hybridized carbons (Fsp3) is 0.381. The van der Waals surface area contributed by atoms with E-state index in [-0.39, 0.29) is 12.1 Å². The molecular weight excluding hydrogens is 414 g/mol. The van der Waals surface area contributed by atoms with E-state index in [4.69, 9.17) is 21.3 Å². The smallest absolute Gasteiger partial charge is 0.307 e. The monoisotopic (exact) mass is 439 g/mol. The zero-order chi connectivity index (χ0) is 21.8. The molecule has 0 bridgehead atoms. The molecule has 0 fully saturated rings. The molecule has 2 aromatic rings. The van der Waals surface area contributed by atoms with Gasteiger partial charge in [-0.1, -0.05) is 24.3 Å². The van der Waals surface area contributed by atoms with Crippen LogP contribution in [-0.4, -0.2) is 32.3 Å². The first kappa shape index (κ1) is 23.0. The number of anilines is 1. The highest BCUT2D eigenvalue weighted by Gasteiger charge is 2.31. The van der Waals surface area contributed by atoms with E-state index in [1.54, 1.807) is 52.1 Å². The first-order chi connectivity index (χ1) is 13.4. The number of hydrogen-bond acceptors (Lipinski definition) is 5. The molecule has 0 saturated heterocycles. The van der Waals surface area contributed by atoms with Crippen LogP contribution in [0, 0.1) is 0 Å². The van der Waals surface area contributed by atoms with Gasteiger partial charge in [-0.2, -0.15) is 3.82 Å². The summed E-state index contributed by atoms with van der Waals surface area (Å²) >= 11 is 6.13. The molecule has 0 aromatic heterocycles. The molecule has 2 rings (SSSR count). The van der Waals surface area contributed by atoms with Crippen molar-refractivity contribution in [3.63, 3.8) is 0 Å². The average Bonchev–Trinajstić information content (AvgIpc) is 2.66. The predicted octanol–water partition coefficient (Wildman–Crippen LogP) is 4.77. The van der Waals surface area contributed by atoms with Gasteiger partial charge in [-0.05, 0) is 63.1 Å². The summed E-state index contributed by atoms with van der Waals surface area (Å²) in [6.07, 6.45) is -0.287. The maximum absolute atomic E-state index is 12.7. The molecule has 0 aliphatic carbocycles. The van der Waals surface area contributed by atoms with E-state index in [2.05, 4.69) is 0 Å². The van der Waals surface area contributed by atoms with E-state index >= 15 is 0 Å². The summed E-state index contributed by atoms with van der Waals surface area (Å²) in [5.41, 5.74) is 1.42. The van der Waals surface area contributed by atoms with Crippen LogP contribution in [0.3, 0.4) is 0 Å². The van der Waals surface area contributed by atoms with Gasteiger partial charge < -0.3 is 9.47 Å². The summed E-state index contributed by atoms with van der Waals surface area (Å²) in [5, 5.41) is -1.03.